The topological polar surface area (TPSA) is 85.9 Å². The van der Waals surface area contributed by atoms with Gasteiger partial charge in [0.15, 0.2) is 0 Å². The molecule has 6 nitrogen and oxygen atoms in total. The molecule has 0 unspecified atom stereocenters. The first-order valence-electron chi connectivity index (χ1n) is 6.72. The molecule has 0 aliphatic rings. The van der Waals surface area contributed by atoms with E-state index in [9.17, 15) is 4.79 Å². The lowest BCUT2D eigenvalue weighted by Crippen LogP contribution is -2.26. The van der Waals surface area contributed by atoms with E-state index in [0.717, 1.165) is 5.39 Å². The first-order chi connectivity index (χ1) is 10.5. The smallest absolute Gasteiger partial charge is 0.265 e. The summed E-state index contributed by atoms with van der Waals surface area (Å²) in [7, 11) is 1.51. The third-order valence-corrected chi connectivity index (χ3v) is 3.80. The number of aromatic nitrogens is 3. The summed E-state index contributed by atoms with van der Waals surface area (Å²) in [5.74, 6) is 0.868. The van der Waals surface area contributed by atoms with Gasteiger partial charge in [-0.2, -0.15) is 0 Å². The van der Waals surface area contributed by atoms with Gasteiger partial charge in [-0.1, -0.05) is 23.7 Å². The van der Waals surface area contributed by atoms with Gasteiger partial charge in [-0.15, -0.1) is 5.10 Å². The maximum absolute atomic E-state index is 12.9. The molecule has 22 heavy (non-hydrogen) atoms. The molecule has 0 spiro atoms. The van der Waals surface area contributed by atoms with E-state index in [1.165, 1.54) is 11.7 Å². The van der Waals surface area contributed by atoms with E-state index in [1.54, 1.807) is 18.2 Å². The Morgan fingerprint density at radius 2 is 2.18 bits per heavy atom. The van der Waals surface area contributed by atoms with Crippen molar-refractivity contribution in [1.29, 1.82) is 0 Å². The van der Waals surface area contributed by atoms with Gasteiger partial charge in [0.05, 0.1) is 17.5 Å². The Labute approximate surface area is 131 Å². The van der Waals surface area contributed by atoms with E-state index >= 15 is 0 Å². The van der Waals surface area contributed by atoms with E-state index in [1.807, 2.05) is 19.1 Å². The number of nitrogens with one attached hydrogen (secondary N) is 1. The minimum Gasteiger partial charge on any atom is -0.480 e. The molecule has 3 rings (SSSR count). The molecule has 3 N–H and O–H groups in total. The number of aromatic amines is 1. The zero-order chi connectivity index (χ0) is 15.9. The van der Waals surface area contributed by atoms with Gasteiger partial charge >= 0.3 is 0 Å². The average molecular weight is 319 g/mol. The van der Waals surface area contributed by atoms with Crippen LogP contribution in [0.2, 0.25) is 5.02 Å². The zero-order valence-electron chi connectivity index (χ0n) is 12.1. The van der Waals surface area contributed by atoms with Gasteiger partial charge in [0, 0.05) is 17.8 Å². The van der Waals surface area contributed by atoms with E-state index < -0.39 is 0 Å². The molecular weight excluding hydrogens is 304 g/mol. The first kappa shape index (κ1) is 14.6. The van der Waals surface area contributed by atoms with E-state index in [2.05, 4.69) is 10.2 Å². The summed E-state index contributed by atoms with van der Waals surface area (Å²) >= 11 is 6.19. The van der Waals surface area contributed by atoms with Gasteiger partial charge in [0.2, 0.25) is 5.88 Å². The third kappa shape index (κ3) is 2.26. The number of rotatable bonds is 3. The van der Waals surface area contributed by atoms with Crippen molar-refractivity contribution in [3.05, 3.63) is 51.4 Å². The largest absolute Gasteiger partial charge is 0.480 e. The van der Waals surface area contributed by atoms with Crippen molar-refractivity contribution in [3.63, 3.8) is 0 Å². The molecule has 2 aromatic heterocycles. The second-order valence-corrected chi connectivity index (χ2v) is 5.41. The minimum atomic E-state index is -0.342. The van der Waals surface area contributed by atoms with Crippen LogP contribution in [-0.4, -0.2) is 21.9 Å². The number of hydrogen-bond donors (Lipinski definition) is 2. The Bertz CT molecular complexity index is 898. The number of nitrogens with zero attached hydrogens (tertiary/aromatic N) is 2. The maximum atomic E-state index is 12.9. The molecule has 0 saturated heterocycles. The first-order valence-corrected chi connectivity index (χ1v) is 7.10. The Hall–Kier alpha value is -2.31. The molecule has 0 bridgehead atoms. The van der Waals surface area contributed by atoms with Crippen LogP contribution in [0.1, 0.15) is 18.7 Å². The summed E-state index contributed by atoms with van der Waals surface area (Å²) in [6, 6.07) is 8.49. The minimum absolute atomic E-state index is 0.248. The van der Waals surface area contributed by atoms with Crippen LogP contribution in [0.4, 0.5) is 0 Å². The number of H-pyrrole nitrogens is 1. The van der Waals surface area contributed by atoms with E-state index in [0.29, 0.717) is 27.8 Å². The molecule has 0 radical (unpaired) electrons. The Morgan fingerprint density at radius 3 is 2.82 bits per heavy atom. The van der Waals surface area contributed by atoms with Crippen LogP contribution in [0.5, 0.6) is 5.88 Å². The molecule has 0 saturated carbocycles. The second-order valence-electron chi connectivity index (χ2n) is 5.00. The van der Waals surface area contributed by atoms with Crippen LogP contribution < -0.4 is 16.0 Å². The quantitative estimate of drug-likeness (QED) is 0.776. The van der Waals surface area contributed by atoms with Gasteiger partial charge in [-0.05, 0) is 24.4 Å². The zero-order valence-corrected chi connectivity index (χ0v) is 12.9. The summed E-state index contributed by atoms with van der Waals surface area (Å²) < 4.78 is 6.53. The molecule has 0 aliphatic heterocycles. The average Bonchev–Trinajstić information content (AvgIpc) is 2.95. The highest BCUT2D eigenvalue weighted by Crippen LogP contribution is 2.24. The molecule has 1 atom stereocenters. The SMILES string of the molecule is COc1cc(-n2c([C@H](C)N)cc3cccc(Cl)c3c2=O)[nH]n1. The fraction of sp³-hybridized carbons (Fsp3) is 0.200. The van der Waals surface area contributed by atoms with Crippen molar-refractivity contribution in [3.8, 4) is 11.7 Å². The van der Waals surface area contributed by atoms with Gasteiger partial charge in [-0.25, -0.2) is 0 Å². The van der Waals surface area contributed by atoms with Gasteiger partial charge < -0.3 is 10.5 Å². The van der Waals surface area contributed by atoms with E-state index in [4.69, 9.17) is 22.1 Å². The van der Waals surface area contributed by atoms with Crippen LogP contribution in [0, 0.1) is 0 Å². The third-order valence-electron chi connectivity index (χ3n) is 3.48. The van der Waals surface area contributed by atoms with Gasteiger partial charge in [0.25, 0.3) is 5.56 Å². The summed E-state index contributed by atoms with van der Waals surface area (Å²) in [5.41, 5.74) is 6.44. The molecule has 0 amide bonds. The number of halogens is 1. The highest BCUT2D eigenvalue weighted by Gasteiger charge is 2.17. The lowest BCUT2D eigenvalue weighted by atomic mass is 10.1. The second kappa shape index (κ2) is 5.47. The molecule has 0 fully saturated rings. The number of fused-ring (bicyclic) bond motifs is 1. The Balaban J connectivity index is 2.40. The predicted molar refractivity (Wildman–Crippen MR) is 85.9 cm³/mol. The fourth-order valence-electron chi connectivity index (χ4n) is 2.44. The number of methoxy groups -OCH3 is 1. The van der Waals surface area contributed by atoms with Crippen LogP contribution in [0.25, 0.3) is 16.6 Å². The van der Waals surface area contributed by atoms with Crippen LogP contribution in [-0.2, 0) is 0 Å². The van der Waals surface area contributed by atoms with Crippen molar-refractivity contribution < 1.29 is 4.74 Å². The number of nitrogens with two attached hydrogens (primary N) is 1. The molecule has 1 aromatic carbocycles. The lowest BCUT2D eigenvalue weighted by Gasteiger charge is -2.15. The van der Waals surface area contributed by atoms with Crippen molar-refractivity contribution >= 4 is 22.4 Å². The number of hydrogen-bond acceptors (Lipinski definition) is 4. The van der Waals surface area contributed by atoms with Gasteiger partial charge in [-0.3, -0.25) is 14.5 Å². The lowest BCUT2D eigenvalue weighted by molar-refractivity contribution is 0.397. The molecule has 114 valence electrons. The normalized spacial score (nSPS) is 12.5. The number of pyridine rings is 1. The van der Waals surface area contributed by atoms with Gasteiger partial charge in [0.1, 0.15) is 5.82 Å². The van der Waals surface area contributed by atoms with Crippen molar-refractivity contribution in [2.24, 2.45) is 5.73 Å². The van der Waals surface area contributed by atoms with E-state index in [-0.39, 0.29) is 11.6 Å². The molecule has 0 aliphatic carbocycles. The number of benzene rings is 1. The maximum Gasteiger partial charge on any atom is 0.265 e. The predicted octanol–water partition coefficient (Wildman–Crippen LogP) is 2.40. The molecule has 2 heterocycles. The monoisotopic (exact) mass is 318 g/mol. The Kier molecular flexibility index (Phi) is 3.64. The van der Waals surface area contributed by atoms with Crippen LogP contribution >= 0.6 is 11.6 Å². The van der Waals surface area contributed by atoms with Crippen molar-refractivity contribution in [2.45, 2.75) is 13.0 Å². The van der Waals surface area contributed by atoms with Crippen molar-refractivity contribution in [1.82, 2.24) is 14.8 Å². The van der Waals surface area contributed by atoms with Crippen LogP contribution in [0.15, 0.2) is 35.1 Å². The molecule has 3 aromatic rings. The molecular formula is C15H15ClN4O2. The Morgan fingerprint density at radius 1 is 1.41 bits per heavy atom. The summed E-state index contributed by atoms with van der Waals surface area (Å²) in [6.45, 7) is 1.81. The summed E-state index contributed by atoms with van der Waals surface area (Å²) in [4.78, 5) is 12.9. The van der Waals surface area contributed by atoms with Crippen molar-refractivity contribution in [2.75, 3.05) is 7.11 Å². The number of ether oxygens (including phenoxy) is 1. The summed E-state index contributed by atoms with van der Waals surface area (Å²) in [5, 5.41) is 8.36. The molecule has 7 heteroatoms. The summed E-state index contributed by atoms with van der Waals surface area (Å²) in [6.07, 6.45) is 0. The highest BCUT2D eigenvalue weighted by atomic mass is 35.5. The highest BCUT2D eigenvalue weighted by molar-refractivity contribution is 6.35. The fourth-order valence-corrected chi connectivity index (χ4v) is 2.70. The van der Waals surface area contributed by atoms with Crippen LogP contribution in [0.3, 0.4) is 0 Å². The standard InChI is InChI=1S/C15H15ClN4O2/c1-8(17)11-6-9-4-3-5-10(16)14(9)15(21)20(11)12-7-13(22-2)19-18-12/h3-8H,17H2,1-2H3,(H,18,19)/t8-/m0/s1.